The van der Waals surface area contributed by atoms with E-state index in [4.69, 9.17) is 0 Å². The van der Waals surface area contributed by atoms with Crippen LogP contribution < -0.4 is 4.90 Å². The van der Waals surface area contributed by atoms with Crippen LogP contribution in [-0.2, 0) is 4.79 Å². The molecule has 0 N–H and O–H groups in total. The van der Waals surface area contributed by atoms with E-state index < -0.39 is 4.92 Å². The third kappa shape index (κ3) is 3.97. The Kier molecular flexibility index (Phi) is 5.36. The molecule has 1 amide bonds. The average molecular weight is 445 g/mol. The number of non-ortho nitro benzene ring substituents is 1. The van der Waals surface area contributed by atoms with Gasteiger partial charge in [-0.15, -0.1) is 0 Å². The number of carbonyl (C=O) groups excluding carboxylic acids is 1. The largest absolute Gasteiger partial charge is 0.367 e. The number of amidine groups is 1. The van der Waals surface area contributed by atoms with Gasteiger partial charge in [0.15, 0.2) is 5.17 Å². The summed E-state index contributed by atoms with van der Waals surface area (Å²) >= 11 is 1.33. The Balaban J connectivity index is 1.27. The fourth-order valence-electron chi connectivity index (χ4n) is 4.04. The number of aliphatic imine (C=N–C) groups is 1. The van der Waals surface area contributed by atoms with Crippen LogP contribution in [0.4, 0.5) is 11.4 Å². The van der Waals surface area contributed by atoms with Crippen molar-refractivity contribution in [1.82, 2.24) is 4.90 Å². The molecule has 0 aliphatic carbocycles. The van der Waals surface area contributed by atoms with Crippen molar-refractivity contribution in [2.75, 3.05) is 31.1 Å². The zero-order valence-corrected chi connectivity index (χ0v) is 18.0. The second kappa shape index (κ2) is 8.47. The Morgan fingerprint density at radius 1 is 0.938 bits per heavy atom. The number of nitro groups is 1. The molecule has 32 heavy (non-hydrogen) atoms. The standard InChI is InChI=1S/C24H20N4O3S/c29-23-22(16-17-5-3-8-19(15-17)28(30)31)32-24(25-23)27-13-11-26(12-14-27)21-10-4-7-18-6-1-2-9-20(18)21/h1-10,15-16H,11-14H2/b22-16+. The Hall–Kier alpha value is -3.65. The summed E-state index contributed by atoms with van der Waals surface area (Å²) in [7, 11) is 0. The lowest BCUT2D eigenvalue weighted by Gasteiger charge is -2.37. The molecule has 2 aliphatic heterocycles. The number of hydrogen-bond acceptors (Lipinski definition) is 6. The minimum absolute atomic E-state index is 0.000459. The second-order valence-electron chi connectivity index (χ2n) is 7.63. The van der Waals surface area contributed by atoms with Gasteiger partial charge in [-0.25, -0.2) is 0 Å². The van der Waals surface area contributed by atoms with Gasteiger partial charge in [0.05, 0.1) is 9.83 Å². The highest BCUT2D eigenvalue weighted by atomic mass is 32.2. The van der Waals surface area contributed by atoms with Crippen molar-refractivity contribution in [3.63, 3.8) is 0 Å². The van der Waals surface area contributed by atoms with E-state index in [-0.39, 0.29) is 11.6 Å². The number of nitro benzene ring substituents is 1. The van der Waals surface area contributed by atoms with Crippen molar-refractivity contribution in [2.24, 2.45) is 4.99 Å². The second-order valence-corrected chi connectivity index (χ2v) is 8.64. The molecule has 0 atom stereocenters. The first kappa shape index (κ1) is 20.3. The third-order valence-electron chi connectivity index (χ3n) is 5.65. The number of fused-ring (bicyclic) bond motifs is 1. The van der Waals surface area contributed by atoms with Crippen LogP contribution in [-0.4, -0.2) is 47.1 Å². The number of benzene rings is 3. The van der Waals surface area contributed by atoms with Crippen molar-refractivity contribution in [3.8, 4) is 0 Å². The Labute approximate surface area is 189 Å². The molecule has 2 aliphatic rings. The summed E-state index contributed by atoms with van der Waals surface area (Å²) < 4.78 is 0. The van der Waals surface area contributed by atoms with Crippen LogP contribution in [0.25, 0.3) is 16.8 Å². The first-order chi connectivity index (χ1) is 15.6. The lowest BCUT2D eigenvalue weighted by molar-refractivity contribution is -0.384. The van der Waals surface area contributed by atoms with Crippen molar-refractivity contribution < 1.29 is 9.72 Å². The van der Waals surface area contributed by atoms with Crippen molar-refractivity contribution in [3.05, 3.63) is 87.3 Å². The Bertz CT molecular complexity index is 1270. The van der Waals surface area contributed by atoms with Crippen LogP contribution in [0.2, 0.25) is 0 Å². The number of amides is 1. The van der Waals surface area contributed by atoms with Gasteiger partial charge < -0.3 is 9.80 Å². The highest BCUT2D eigenvalue weighted by Crippen LogP contribution is 2.32. The smallest absolute Gasteiger partial charge is 0.286 e. The van der Waals surface area contributed by atoms with Gasteiger partial charge in [0.1, 0.15) is 0 Å². The number of nitrogens with zero attached hydrogens (tertiary/aromatic N) is 4. The summed E-state index contributed by atoms with van der Waals surface area (Å²) in [5.74, 6) is -0.298. The van der Waals surface area contributed by atoms with Gasteiger partial charge in [0.25, 0.3) is 11.6 Å². The third-order valence-corrected chi connectivity index (χ3v) is 6.69. The molecule has 0 bridgehead atoms. The van der Waals surface area contributed by atoms with Crippen molar-refractivity contribution >= 4 is 51.1 Å². The van der Waals surface area contributed by atoms with Crippen LogP contribution in [0, 0.1) is 10.1 Å². The first-order valence-electron chi connectivity index (χ1n) is 10.3. The van der Waals surface area contributed by atoms with E-state index >= 15 is 0 Å². The van der Waals surface area contributed by atoms with E-state index in [0.29, 0.717) is 15.6 Å². The van der Waals surface area contributed by atoms with Gasteiger partial charge >= 0.3 is 0 Å². The molecule has 160 valence electrons. The number of thioether (sulfide) groups is 1. The minimum atomic E-state index is -0.441. The normalized spacial score (nSPS) is 17.8. The average Bonchev–Trinajstić information content (AvgIpc) is 3.19. The molecule has 0 radical (unpaired) electrons. The quantitative estimate of drug-likeness (QED) is 0.335. The summed E-state index contributed by atoms with van der Waals surface area (Å²) in [6.45, 7) is 3.22. The maximum absolute atomic E-state index is 12.4. The molecular weight excluding hydrogens is 424 g/mol. The molecule has 0 unspecified atom stereocenters. The van der Waals surface area contributed by atoms with Gasteiger partial charge in [0, 0.05) is 49.4 Å². The zero-order chi connectivity index (χ0) is 22.1. The molecule has 1 saturated heterocycles. The lowest BCUT2D eigenvalue weighted by atomic mass is 10.1. The van der Waals surface area contributed by atoms with E-state index in [1.807, 2.05) is 0 Å². The molecule has 0 aromatic heterocycles. The summed E-state index contributed by atoms with van der Waals surface area (Å²) in [4.78, 5) is 32.2. The fraction of sp³-hybridized carbons (Fsp3) is 0.167. The number of hydrogen-bond donors (Lipinski definition) is 0. The maximum Gasteiger partial charge on any atom is 0.286 e. The highest BCUT2D eigenvalue weighted by Gasteiger charge is 2.29. The number of anilines is 1. The number of piperazine rings is 1. The van der Waals surface area contributed by atoms with E-state index in [0.717, 1.165) is 26.2 Å². The van der Waals surface area contributed by atoms with E-state index in [1.54, 1.807) is 18.2 Å². The van der Waals surface area contributed by atoms with Crippen molar-refractivity contribution in [1.29, 1.82) is 0 Å². The van der Waals surface area contributed by atoms with Crippen LogP contribution in [0.15, 0.2) is 76.6 Å². The monoisotopic (exact) mass is 444 g/mol. The molecule has 0 spiro atoms. The predicted octanol–water partition coefficient (Wildman–Crippen LogP) is 4.54. The first-order valence-corrected chi connectivity index (χ1v) is 11.1. The van der Waals surface area contributed by atoms with Gasteiger partial charge in [-0.05, 0) is 34.9 Å². The summed E-state index contributed by atoms with van der Waals surface area (Å²) in [5, 5.41) is 14.2. The summed E-state index contributed by atoms with van der Waals surface area (Å²) in [6.07, 6.45) is 1.67. The Morgan fingerprint density at radius 3 is 2.47 bits per heavy atom. The molecule has 0 saturated carbocycles. The number of carbonyl (C=O) groups is 1. The fourth-order valence-corrected chi connectivity index (χ4v) is 5.00. The zero-order valence-electron chi connectivity index (χ0n) is 17.2. The highest BCUT2D eigenvalue weighted by molar-refractivity contribution is 8.18. The molecule has 2 heterocycles. The lowest BCUT2D eigenvalue weighted by Crippen LogP contribution is -2.47. The Morgan fingerprint density at radius 2 is 1.66 bits per heavy atom. The molecule has 3 aromatic rings. The topological polar surface area (TPSA) is 79.0 Å². The molecule has 3 aromatic carbocycles. The minimum Gasteiger partial charge on any atom is -0.367 e. The number of rotatable bonds is 3. The summed E-state index contributed by atoms with van der Waals surface area (Å²) in [6, 6.07) is 21.0. The van der Waals surface area contributed by atoms with Gasteiger partial charge in [-0.2, -0.15) is 4.99 Å². The summed E-state index contributed by atoms with van der Waals surface area (Å²) in [5.41, 5.74) is 1.85. The molecule has 8 heteroatoms. The van der Waals surface area contributed by atoms with Gasteiger partial charge in [-0.3, -0.25) is 14.9 Å². The SMILES string of the molecule is O=C1N=C(N2CCN(c3cccc4ccccc34)CC2)S/C1=C/c1cccc([N+](=O)[O-])c1. The van der Waals surface area contributed by atoms with Crippen LogP contribution in [0.5, 0.6) is 0 Å². The van der Waals surface area contributed by atoms with Crippen molar-refractivity contribution in [2.45, 2.75) is 0 Å². The molecule has 7 nitrogen and oxygen atoms in total. The van der Waals surface area contributed by atoms with Gasteiger partial charge in [-0.1, -0.05) is 48.5 Å². The van der Waals surface area contributed by atoms with Crippen LogP contribution in [0.3, 0.4) is 0 Å². The molecule has 1 fully saturated rings. The molecule has 5 rings (SSSR count). The van der Waals surface area contributed by atoms with E-state index in [9.17, 15) is 14.9 Å². The maximum atomic E-state index is 12.4. The van der Waals surface area contributed by atoms with Crippen LogP contribution >= 0.6 is 11.8 Å². The van der Waals surface area contributed by atoms with Crippen LogP contribution in [0.1, 0.15) is 5.56 Å². The van der Waals surface area contributed by atoms with E-state index in [1.165, 1.54) is 40.4 Å². The molecular formula is C24H20N4O3S. The predicted molar refractivity (Wildman–Crippen MR) is 129 cm³/mol. The van der Waals surface area contributed by atoms with E-state index in [2.05, 4.69) is 57.3 Å². The van der Waals surface area contributed by atoms with Gasteiger partial charge in [0.2, 0.25) is 0 Å².